The Morgan fingerprint density at radius 2 is 1.60 bits per heavy atom. The first-order valence-corrected chi connectivity index (χ1v) is 2.45. The zero-order valence-corrected chi connectivity index (χ0v) is 8.81. The number of terminal acetylenes is 1. The molecule has 0 aliphatic rings. The molecule has 0 spiro atoms. The maximum Gasteiger partial charge on any atom is 0.0242 e. The molecule has 0 bridgehead atoms. The molecule has 1 heteroatoms. The Morgan fingerprint density at radius 3 is 1.90 bits per heavy atom. The molecule has 0 amide bonds. The van der Waals surface area contributed by atoms with Gasteiger partial charge in [-0.05, 0) is 12.1 Å². The first kappa shape index (κ1) is 12.2. The van der Waals surface area contributed by atoms with Crippen LogP contribution in [0.3, 0.4) is 0 Å². The van der Waals surface area contributed by atoms with Crippen molar-refractivity contribution in [2.45, 2.75) is 0 Å². The van der Waals surface area contributed by atoms with Crippen LogP contribution < -0.4 is 0 Å². The minimum absolute atomic E-state index is 0. The van der Waals surface area contributed by atoms with E-state index in [1.165, 1.54) is 0 Å². The van der Waals surface area contributed by atoms with E-state index < -0.39 is 0 Å². The summed E-state index contributed by atoms with van der Waals surface area (Å²) >= 11 is 0. The maximum absolute atomic E-state index is 5.10. The number of rotatable bonds is 0. The van der Waals surface area contributed by atoms with Gasteiger partial charge in [0.2, 0.25) is 0 Å². The molecular weight excluding hydrogens is 292 g/mol. The summed E-state index contributed by atoms with van der Waals surface area (Å²) < 4.78 is 0. The Balaban J connectivity index is 0. The molecule has 0 aliphatic heterocycles. The molecule has 1 aromatic carbocycles. The standard InChI is InChI=1S/C8H6.CH3.W/c1-2-8-6-4-3-5-7-8;;/h1,3-7H;1H3;/q;-1;. The van der Waals surface area contributed by atoms with Gasteiger partial charge >= 0.3 is 0 Å². The van der Waals surface area contributed by atoms with Gasteiger partial charge in [0.15, 0.2) is 0 Å². The van der Waals surface area contributed by atoms with Crippen molar-refractivity contribution in [1.29, 1.82) is 0 Å². The molecule has 52 valence electrons. The Kier molecular flexibility index (Phi) is 8.02. The van der Waals surface area contributed by atoms with Crippen LogP contribution in [-0.2, 0) is 21.1 Å². The van der Waals surface area contributed by atoms with Gasteiger partial charge in [0.05, 0.1) is 0 Å². The third kappa shape index (κ3) is 3.49. The zero-order valence-electron chi connectivity index (χ0n) is 5.87. The summed E-state index contributed by atoms with van der Waals surface area (Å²) in [6.45, 7) is 0. The minimum atomic E-state index is 0. The molecule has 1 aromatic rings. The molecule has 0 fully saturated rings. The topological polar surface area (TPSA) is 0 Å². The first-order valence-electron chi connectivity index (χ1n) is 2.45. The summed E-state index contributed by atoms with van der Waals surface area (Å²) in [5.41, 5.74) is 0.938. The van der Waals surface area contributed by atoms with Gasteiger partial charge in [-0.1, -0.05) is 24.1 Å². The molecule has 0 unspecified atom stereocenters. The average Bonchev–Trinajstić information content (AvgIpc) is 1.90. The van der Waals surface area contributed by atoms with Crippen LogP contribution >= 0.6 is 0 Å². The van der Waals surface area contributed by atoms with Gasteiger partial charge in [0.25, 0.3) is 0 Å². The summed E-state index contributed by atoms with van der Waals surface area (Å²) in [6, 6.07) is 9.60. The van der Waals surface area contributed by atoms with E-state index in [1.54, 1.807) is 0 Å². The molecule has 0 radical (unpaired) electrons. The van der Waals surface area contributed by atoms with Gasteiger partial charge in [0.1, 0.15) is 0 Å². The molecule has 0 nitrogen and oxygen atoms in total. The predicted molar refractivity (Wildman–Crippen MR) is 40.8 cm³/mol. The predicted octanol–water partition coefficient (Wildman–Crippen LogP) is 2.12. The van der Waals surface area contributed by atoms with Crippen LogP contribution in [-0.4, -0.2) is 0 Å². The second kappa shape index (κ2) is 6.59. The van der Waals surface area contributed by atoms with Crippen molar-refractivity contribution in [3.63, 3.8) is 0 Å². The Morgan fingerprint density at radius 1 is 1.10 bits per heavy atom. The quantitative estimate of drug-likeness (QED) is 0.509. The third-order valence-corrected chi connectivity index (χ3v) is 0.940. The maximum atomic E-state index is 5.10. The van der Waals surface area contributed by atoms with E-state index in [4.69, 9.17) is 6.42 Å². The molecular formula is C9H9W-. The van der Waals surface area contributed by atoms with Crippen LogP contribution in [0.4, 0.5) is 0 Å². The molecule has 0 atom stereocenters. The van der Waals surface area contributed by atoms with Gasteiger partial charge in [-0.15, -0.1) is 6.42 Å². The Hall–Kier alpha value is -0.532. The van der Waals surface area contributed by atoms with Gasteiger partial charge in [-0.3, -0.25) is 0 Å². The van der Waals surface area contributed by atoms with Gasteiger partial charge < -0.3 is 7.43 Å². The van der Waals surface area contributed by atoms with Crippen LogP contribution in [0.15, 0.2) is 30.3 Å². The number of hydrogen-bond acceptors (Lipinski definition) is 0. The van der Waals surface area contributed by atoms with E-state index in [0.717, 1.165) is 5.56 Å². The average molecular weight is 301 g/mol. The van der Waals surface area contributed by atoms with Crippen molar-refractivity contribution in [2.24, 2.45) is 0 Å². The van der Waals surface area contributed by atoms with Gasteiger partial charge in [-0.25, -0.2) is 0 Å². The van der Waals surface area contributed by atoms with E-state index in [9.17, 15) is 0 Å². The summed E-state index contributed by atoms with van der Waals surface area (Å²) in [6.07, 6.45) is 5.10. The number of benzene rings is 1. The van der Waals surface area contributed by atoms with Crippen molar-refractivity contribution < 1.29 is 21.1 Å². The van der Waals surface area contributed by atoms with Crippen LogP contribution in [0.2, 0.25) is 0 Å². The molecule has 0 saturated carbocycles. The monoisotopic (exact) mass is 301 g/mol. The van der Waals surface area contributed by atoms with Crippen molar-refractivity contribution >= 4 is 0 Å². The van der Waals surface area contributed by atoms with Gasteiger partial charge in [0, 0.05) is 26.6 Å². The largest absolute Gasteiger partial charge is 0.358 e. The first-order chi connectivity index (χ1) is 3.93. The summed E-state index contributed by atoms with van der Waals surface area (Å²) in [7, 11) is 0. The SMILES string of the molecule is C#Cc1ccccc1.[CH3-].[W]. The second-order valence-corrected chi connectivity index (χ2v) is 1.51. The van der Waals surface area contributed by atoms with Crippen molar-refractivity contribution in [3.05, 3.63) is 43.3 Å². The van der Waals surface area contributed by atoms with Gasteiger partial charge in [-0.2, -0.15) is 0 Å². The molecule has 1 rings (SSSR count). The summed E-state index contributed by atoms with van der Waals surface area (Å²) in [5, 5.41) is 0. The molecule has 0 N–H and O–H groups in total. The fourth-order valence-electron chi connectivity index (χ4n) is 0.534. The second-order valence-electron chi connectivity index (χ2n) is 1.51. The van der Waals surface area contributed by atoms with E-state index >= 15 is 0 Å². The van der Waals surface area contributed by atoms with E-state index in [1.807, 2.05) is 30.3 Å². The molecule has 0 saturated heterocycles. The normalized spacial score (nSPS) is 6.30. The third-order valence-electron chi connectivity index (χ3n) is 0.940. The van der Waals surface area contributed by atoms with Crippen molar-refractivity contribution in [3.8, 4) is 12.3 Å². The molecule has 0 aliphatic carbocycles. The van der Waals surface area contributed by atoms with Crippen molar-refractivity contribution in [1.82, 2.24) is 0 Å². The fraction of sp³-hybridized carbons (Fsp3) is 0. The Labute approximate surface area is 76.9 Å². The van der Waals surface area contributed by atoms with Crippen LogP contribution in [0.5, 0.6) is 0 Å². The summed E-state index contributed by atoms with van der Waals surface area (Å²) in [5.74, 6) is 2.53. The van der Waals surface area contributed by atoms with E-state index in [-0.39, 0.29) is 28.5 Å². The fourth-order valence-corrected chi connectivity index (χ4v) is 0.534. The van der Waals surface area contributed by atoms with Crippen LogP contribution in [0.1, 0.15) is 5.56 Å². The number of hydrogen-bond donors (Lipinski definition) is 0. The van der Waals surface area contributed by atoms with Crippen molar-refractivity contribution in [2.75, 3.05) is 0 Å². The van der Waals surface area contributed by atoms with E-state index in [2.05, 4.69) is 5.92 Å². The van der Waals surface area contributed by atoms with E-state index in [0.29, 0.717) is 0 Å². The molecule has 0 aromatic heterocycles. The molecule has 10 heavy (non-hydrogen) atoms. The molecule has 0 heterocycles. The smallest absolute Gasteiger partial charge is 0.0242 e. The Bertz CT molecular complexity index is 196. The summed E-state index contributed by atoms with van der Waals surface area (Å²) in [4.78, 5) is 0. The van der Waals surface area contributed by atoms with Crippen LogP contribution in [0, 0.1) is 19.8 Å². The van der Waals surface area contributed by atoms with Crippen LogP contribution in [0.25, 0.3) is 0 Å². The zero-order chi connectivity index (χ0) is 5.82. The minimum Gasteiger partial charge on any atom is -0.358 e.